The third-order valence-electron chi connectivity index (χ3n) is 12.3. The number of aryl methyl sites for hydroxylation is 2. The lowest BCUT2D eigenvalue weighted by molar-refractivity contribution is 0.0522. The van der Waals surface area contributed by atoms with Gasteiger partial charge in [-0.15, -0.1) is 22.7 Å². The molecule has 6 heterocycles. The van der Waals surface area contributed by atoms with Gasteiger partial charge in [-0.1, -0.05) is 59.6 Å². The van der Waals surface area contributed by atoms with Gasteiger partial charge in [0, 0.05) is 56.7 Å². The number of nitrogens with zero attached hydrogens (tertiary/aromatic N) is 4. The number of carbonyl (C=O) groups excluding carboxylic acids is 5. The van der Waals surface area contributed by atoms with Gasteiger partial charge in [0.25, 0.3) is 17.7 Å². The molecule has 8 aromatic rings. The number of para-hydroxylation sites is 2. The van der Waals surface area contributed by atoms with Crippen LogP contribution in [0.25, 0.3) is 20.9 Å². The van der Waals surface area contributed by atoms with Crippen LogP contribution >= 0.6 is 45.9 Å². The summed E-state index contributed by atoms with van der Waals surface area (Å²) >= 11 is 14.3. The minimum absolute atomic E-state index is 0.0218. The Morgan fingerprint density at radius 2 is 1.06 bits per heavy atom. The number of anilines is 4. The smallest absolute Gasteiger partial charge is 0.348 e. The van der Waals surface area contributed by atoms with Crippen molar-refractivity contribution in [2.24, 2.45) is 0 Å². The van der Waals surface area contributed by atoms with Crippen LogP contribution in [0.5, 0.6) is 0 Å². The van der Waals surface area contributed by atoms with Crippen LogP contribution in [-0.4, -0.2) is 77.0 Å². The predicted molar refractivity (Wildman–Crippen MR) is 302 cm³/mol. The number of carboxylic acid groups (broad SMARTS) is 1. The van der Waals surface area contributed by atoms with Crippen LogP contribution in [-0.2, 0) is 22.3 Å². The number of hydrogen-bond donors (Lipinski definition) is 3. The molecule has 0 bridgehead atoms. The third kappa shape index (κ3) is 12.8. The summed E-state index contributed by atoms with van der Waals surface area (Å²) in [6, 6.07) is 32.7. The monoisotopic (exact) mass is 1140 g/mol. The molecule has 3 amide bonds. The van der Waals surface area contributed by atoms with Crippen LogP contribution in [0.1, 0.15) is 97.1 Å². The first kappa shape index (κ1) is 56.8. The van der Waals surface area contributed by atoms with Crippen molar-refractivity contribution < 1.29 is 52.1 Å². The Kier molecular flexibility index (Phi) is 18.0. The largest absolute Gasteiger partial charge is 0.478 e. The highest BCUT2D eigenvalue weighted by Gasteiger charge is 2.31. The number of nitrogen functional groups attached to an aromatic ring is 1. The van der Waals surface area contributed by atoms with Crippen LogP contribution in [0.3, 0.4) is 0 Å². The van der Waals surface area contributed by atoms with Gasteiger partial charge < -0.3 is 35.4 Å². The van der Waals surface area contributed by atoms with Crippen molar-refractivity contribution in [1.29, 1.82) is 0 Å². The lowest BCUT2D eigenvalue weighted by Gasteiger charge is -2.23. The Balaban J connectivity index is 0.000000179. The molecule has 0 saturated heterocycles. The summed E-state index contributed by atoms with van der Waals surface area (Å²) in [7, 11) is 0. The Hall–Kier alpha value is -8.36. The zero-order valence-corrected chi connectivity index (χ0v) is 45.8. The van der Waals surface area contributed by atoms with Gasteiger partial charge in [-0.2, -0.15) is 0 Å². The van der Waals surface area contributed by atoms with E-state index in [0.717, 1.165) is 44.1 Å². The second-order valence-electron chi connectivity index (χ2n) is 17.6. The zero-order chi connectivity index (χ0) is 56.7. The van der Waals surface area contributed by atoms with E-state index >= 15 is 4.39 Å². The lowest BCUT2D eigenvalue weighted by atomic mass is 10.1. The number of amides is 3. The van der Waals surface area contributed by atoms with Crippen molar-refractivity contribution in [3.8, 4) is 20.9 Å². The maximum atomic E-state index is 15.2. The van der Waals surface area contributed by atoms with Gasteiger partial charge >= 0.3 is 17.9 Å². The minimum Gasteiger partial charge on any atom is -0.478 e. The second-order valence-corrected chi connectivity index (χ2v) is 20.4. The molecule has 0 radical (unpaired) electrons. The van der Waals surface area contributed by atoms with Gasteiger partial charge in [-0.25, -0.2) is 33.1 Å². The molecule has 79 heavy (non-hydrogen) atoms. The first-order valence-corrected chi connectivity index (χ1v) is 26.8. The molecule has 0 fully saturated rings. The van der Waals surface area contributed by atoms with Gasteiger partial charge in [0.05, 0.1) is 46.8 Å². The Labute approximate surface area is 470 Å². The van der Waals surface area contributed by atoms with Crippen LogP contribution in [0.4, 0.5) is 31.5 Å². The van der Waals surface area contributed by atoms with Crippen molar-refractivity contribution in [2.45, 2.75) is 40.5 Å². The van der Waals surface area contributed by atoms with Gasteiger partial charge in [0.2, 0.25) is 0 Å². The first-order chi connectivity index (χ1) is 37.9. The number of fused-ring (bicyclic) bond motifs is 6. The summed E-state index contributed by atoms with van der Waals surface area (Å²) in [5.41, 5.74) is 12.3. The van der Waals surface area contributed by atoms with E-state index in [0.29, 0.717) is 65.1 Å². The maximum absolute atomic E-state index is 15.2. The zero-order valence-electron chi connectivity index (χ0n) is 42.7. The molecular formula is C58H48Cl2F2N6O9S2. The number of pyridine rings is 2. The molecule has 21 heteroatoms. The number of hydrogen-bond acceptors (Lipinski definition) is 13. The molecule has 0 aliphatic carbocycles. The number of aromatic nitrogens is 2. The standard InChI is InChI=1S/C29H23ClFN3O4S.C22H19FN2O3S.C7H6ClNO2/c1-3-38-29(37)24-14-17-12-13-34(23-7-5-4-6-20(23)25(17)39-24)28(36)19-11-9-18(15-22(19)31)33-27(35)21-10-8-16(2)32-26(21)30;1-2-28-22(27)19-11-13-9-10-25(18-6-4-3-5-16(18)20(13)29-19)21(26)15-8-7-14(24)12-17(15)23;1-4-2-3-5(7(10)11)6(8)9-4/h4-11,14-15H,3,12-13H2,1-2H3,(H,33,35);3-8,11-12H,2,9-10,24H2,1H3;2-3H,1H3,(H,10,11). The molecule has 0 saturated carbocycles. The van der Waals surface area contributed by atoms with Crippen LogP contribution in [0.2, 0.25) is 10.3 Å². The third-order valence-corrected chi connectivity index (χ3v) is 15.2. The molecule has 2 aliphatic rings. The summed E-state index contributed by atoms with van der Waals surface area (Å²) in [5, 5.41) is 11.2. The number of esters is 2. The number of ether oxygens (including phenoxy) is 2. The number of nitrogens with two attached hydrogens (primary N) is 1. The van der Waals surface area contributed by atoms with Crippen LogP contribution in [0, 0.1) is 25.5 Å². The van der Waals surface area contributed by atoms with Gasteiger partial charge in [-0.3, -0.25) is 14.4 Å². The number of halogens is 4. The summed E-state index contributed by atoms with van der Waals surface area (Å²) in [6.07, 6.45) is 1.02. The van der Waals surface area contributed by atoms with Gasteiger partial charge in [-0.05, 0) is 137 Å². The molecule has 15 nitrogen and oxygen atoms in total. The summed E-state index contributed by atoms with van der Waals surface area (Å²) in [5.74, 6) is -4.66. The summed E-state index contributed by atoms with van der Waals surface area (Å²) in [4.78, 5) is 88.1. The molecule has 10 rings (SSSR count). The normalized spacial score (nSPS) is 12.1. The molecule has 2 aliphatic heterocycles. The first-order valence-electron chi connectivity index (χ1n) is 24.4. The van der Waals surface area contributed by atoms with E-state index in [9.17, 15) is 33.2 Å². The molecule has 4 N–H and O–H groups in total. The topological polar surface area (TPSA) is 211 Å². The highest BCUT2D eigenvalue weighted by Crippen LogP contribution is 2.44. The fourth-order valence-corrected chi connectivity index (χ4v) is 11.4. The summed E-state index contributed by atoms with van der Waals surface area (Å²) < 4.78 is 39.9. The number of rotatable bonds is 9. The molecule has 404 valence electrons. The van der Waals surface area contributed by atoms with Crippen LogP contribution in [0.15, 0.2) is 121 Å². The number of thiophene rings is 2. The van der Waals surface area contributed by atoms with Gasteiger partial charge in [0.1, 0.15) is 31.7 Å². The summed E-state index contributed by atoms with van der Waals surface area (Å²) in [6.45, 7) is 8.28. The average Bonchev–Trinajstić information content (AvgIpc) is 4.24. The number of carbonyl (C=O) groups is 6. The van der Waals surface area contributed by atoms with E-state index in [4.69, 9.17) is 43.5 Å². The molecule has 4 aromatic heterocycles. The van der Waals surface area contributed by atoms with Crippen molar-refractivity contribution in [3.05, 3.63) is 198 Å². The SMILES string of the molecule is CCOC(=O)c1cc2c(s1)-c1ccccc1N(C(=O)c1ccc(N)cc1F)CC2.CCOC(=O)c1cc2c(s1)-c1ccccc1N(C(=O)c1ccc(NC(=O)c3ccc(C)nc3Cl)cc1F)CC2.Cc1ccc(C(=O)O)c(Cl)n1. The highest BCUT2D eigenvalue weighted by molar-refractivity contribution is 7.18. The maximum Gasteiger partial charge on any atom is 0.348 e. The van der Waals surface area contributed by atoms with E-state index in [1.807, 2.05) is 48.5 Å². The van der Waals surface area contributed by atoms with Crippen LogP contribution < -0.4 is 20.9 Å². The quantitative estimate of drug-likeness (QED) is 0.0700. The predicted octanol–water partition coefficient (Wildman–Crippen LogP) is 12.8. The van der Waals surface area contributed by atoms with Crippen molar-refractivity contribution in [1.82, 2.24) is 9.97 Å². The van der Waals surface area contributed by atoms with Crippen molar-refractivity contribution >= 4 is 104 Å². The highest BCUT2D eigenvalue weighted by atomic mass is 35.5. The Morgan fingerprint density at radius 1 is 0.620 bits per heavy atom. The lowest BCUT2D eigenvalue weighted by Crippen LogP contribution is -2.33. The molecular weight excluding hydrogens is 1100 g/mol. The van der Waals surface area contributed by atoms with Gasteiger partial charge in [0.15, 0.2) is 0 Å². The Morgan fingerprint density at radius 3 is 1.51 bits per heavy atom. The van der Waals surface area contributed by atoms with E-state index in [1.165, 1.54) is 53.0 Å². The average molecular weight is 1150 g/mol. The van der Waals surface area contributed by atoms with E-state index in [-0.39, 0.29) is 62.5 Å². The number of aromatic carboxylic acids is 1. The second kappa shape index (κ2) is 25.0. The van der Waals surface area contributed by atoms with E-state index < -0.39 is 35.3 Å². The van der Waals surface area contributed by atoms with Crippen molar-refractivity contribution in [2.75, 3.05) is 47.2 Å². The van der Waals surface area contributed by atoms with E-state index in [2.05, 4.69) is 15.3 Å². The molecule has 0 spiro atoms. The van der Waals surface area contributed by atoms with Crippen molar-refractivity contribution in [3.63, 3.8) is 0 Å². The molecule has 0 atom stereocenters. The Bertz CT molecular complexity index is 3700. The molecule has 0 unspecified atom stereocenters. The number of nitrogens with one attached hydrogen (secondary N) is 1. The minimum atomic E-state index is -1.05. The fraction of sp³-hybridized carbons (Fsp3) is 0.172. The number of carboxylic acids is 1. The molecule has 4 aromatic carbocycles. The van der Waals surface area contributed by atoms with E-state index in [1.54, 1.807) is 67.8 Å². The fourth-order valence-electron chi connectivity index (χ4n) is 8.56. The number of benzene rings is 4.